The van der Waals surface area contributed by atoms with E-state index in [9.17, 15) is 4.79 Å². The molecule has 0 bridgehead atoms. The van der Waals surface area contributed by atoms with Crippen LogP contribution in [0.2, 0.25) is 5.02 Å². The number of amides is 1. The molecule has 82 valence electrons. The highest BCUT2D eigenvalue weighted by molar-refractivity contribution is 6.33. The molecular weight excluding hydrogens is 216 g/mol. The first-order valence-electron chi connectivity index (χ1n) is 4.47. The van der Waals surface area contributed by atoms with Gasteiger partial charge in [-0.3, -0.25) is 4.79 Å². The Bertz CT molecular complexity index is 355. The molecule has 4 nitrogen and oxygen atoms in total. The van der Waals surface area contributed by atoms with Crippen LogP contribution in [0, 0.1) is 0 Å². The molecule has 0 saturated heterocycles. The number of halogens is 1. The van der Waals surface area contributed by atoms with Gasteiger partial charge in [0.25, 0.3) is 5.91 Å². The fraction of sp³-hybridized carbons (Fsp3) is 0.300. The molecule has 0 radical (unpaired) electrons. The number of anilines is 1. The number of rotatable bonds is 4. The van der Waals surface area contributed by atoms with Crippen LogP contribution >= 0.6 is 11.6 Å². The molecule has 0 aliphatic carbocycles. The van der Waals surface area contributed by atoms with Gasteiger partial charge in [-0.25, -0.2) is 0 Å². The van der Waals surface area contributed by atoms with Crippen molar-refractivity contribution in [1.82, 2.24) is 5.32 Å². The molecule has 1 rings (SSSR count). The monoisotopic (exact) mass is 228 g/mol. The van der Waals surface area contributed by atoms with Gasteiger partial charge in [0.05, 0.1) is 17.3 Å². The molecule has 1 aromatic carbocycles. The van der Waals surface area contributed by atoms with Gasteiger partial charge in [-0.1, -0.05) is 11.6 Å². The minimum Gasteiger partial charge on any atom is -0.398 e. The Hall–Kier alpha value is -1.26. The SMILES string of the molecule is COCCNC(=O)c1ccc(Cl)c(N)c1. The van der Waals surface area contributed by atoms with Crippen molar-refractivity contribution >= 4 is 23.2 Å². The molecule has 1 aromatic rings. The standard InChI is InChI=1S/C10H13ClN2O2/c1-15-5-4-13-10(14)7-2-3-8(11)9(12)6-7/h2-3,6H,4-5,12H2,1H3,(H,13,14). The van der Waals surface area contributed by atoms with Crippen molar-refractivity contribution in [2.24, 2.45) is 0 Å². The summed E-state index contributed by atoms with van der Waals surface area (Å²) in [5.41, 5.74) is 6.47. The number of hydrogen-bond acceptors (Lipinski definition) is 3. The number of nitrogen functional groups attached to an aromatic ring is 1. The zero-order chi connectivity index (χ0) is 11.3. The largest absolute Gasteiger partial charge is 0.398 e. The van der Waals surface area contributed by atoms with Crippen LogP contribution in [0.5, 0.6) is 0 Å². The van der Waals surface area contributed by atoms with E-state index in [1.807, 2.05) is 0 Å². The molecule has 3 N–H and O–H groups in total. The van der Waals surface area contributed by atoms with Gasteiger partial charge in [-0.05, 0) is 18.2 Å². The van der Waals surface area contributed by atoms with Gasteiger partial charge in [0.1, 0.15) is 0 Å². The second-order valence-corrected chi connectivity index (χ2v) is 3.39. The normalized spacial score (nSPS) is 10.0. The van der Waals surface area contributed by atoms with E-state index >= 15 is 0 Å². The third-order valence-electron chi connectivity index (χ3n) is 1.85. The van der Waals surface area contributed by atoms with E-state index in [0.717, 1.165) is 0 Å². The molecule has 0 unspecified atom stereocenters. The number of benzene rings is 1. The Morgan fingerprint density at radius 3 is 2.93 bits per heavy atom. The maximum absolute atomic E-state index is 11.5. The smallest absolute Gasteiger partial charge is 0.251 e. The minimum atomic E-state index is -0.185. The number of nitrogens with one attached hydrogen (secondary N) is 1. The summed E-state index contributed by atoms with van der Waals surface area (Å²) in [5, 5.41) is 3.13. The molecule has 0 heterocycles. The van der Waals surface area contributed by atoms with E-state index in [-0.39, 0.29) is 5.91 Å². The van der Waals surface area contributed by atoms with Crippen LogP contribution in [0.25, 0.3) is 0 Å². The average molecular weight is 229 g/mol. The fourth-order valence-corrected chi connectivity index (χ4v) is 1.17. The molecule has 15 heavy (non-hydrogen) atoms. The molecule has 1 amide bonds. The minimum absolute atomic E-state index is 0.185. The van der Waals surface area contributed by atoms with Gasteiger partial charge in [-0.2, -0.15) is 0 Å². The maximum Gasteiger partial charge on any atom is 0.251 e. The van der Waals surface area contributed by atoms with Gasteiger partial charge in [-0.15, -0.1) is 0 Å². The van der Waals surface area contributed by atoms with Crippen LogP contribution < -0.4 is 11.1 Å². The highest BCUT2D eigenvalue weighted by Gasteiger charge is 2.06. The lowest BCUT2D eigenvalue weighted by Gasteiger charge is -2.05. The third-order valence-corrected chi connectivity index (χ3v) is 2.19. The first-order chi connectivity index (χ1) is 7.15. The number of methoxy groups -OCH3 is 1. The van der Waals surface area contributed by atoms with Crippen LogP contribution in [-0.2, 0) is 4.74 Å². The Morgan fingerprint density at radius 1 is 1.60 bits per heavy atom. The quantitative estimate of drug-likeness (QED) is 0.603. The topological polar surface area (TPSA) is 64.3 Å². The van der Waals surface area contributed by atoms with Gasteiger partial charge in [0.2, 0.25) is 0 Å². The summed E-state index contributed by atoms with van der Waals surface area (Å²) in [6, 6.07) is 4.77. The van der Waals surface area contributed by atoms with E-state index in [4.69, 9.17) is 22.1 Å². The second kappa shape index (κ2) is 5.58. The molecular formula is C10H13ClN2O2. The summed E-state index contributed by atoms with van der Waals surface area (Å²) < 4.78 is 4.81. The van der Waals surface area contributed by atoms with Crippen molar-refractivity contribution in [3.05, 3.63) is 28.8 Å². The molecule has 0 atom stereocenters. The summed E-state index contributed by atoms with van der Waals surface area (Å²) >= 11 is 5.74. The lowest BCUT2D eigenvalue weighted by Crippen LogP contribution is -2.26. The second-order valence-electron chi connectivity index (χ2n) is 2.98. The summed E-state index contributed by atoms with van der Waals surface area (Å²) in [6.07, 6.45) is 0. The zero-order valence-corrected chi connectivity index (χ0v) is 9.17. The number of carbonyl (C=O) groups is 1. The predicted octanol–water partition coefficient (Wildman–Crippen LogP) is 1.30. The highest BCUT2D eigenvalue weighted by atomic mass is 35.5. The van der Waals surface area contributed by atoms with Crippen LogP contribution in [0.15, 0.2) is 18.2 Å². The first kappa shape index (κ1) is 11.8. The number of ether oxygens (including phenoxy) is 1. The van der Waals surface area contributed by atoms with Gasteiger partial charge in [0, 0.05) is 19.2 Å². The molecule has 0 aliphatic heterocycles. The lowest BCUT2D eigenvalue weighted by atomic mass is 10.2. The van der Waals surface area contributed by atoms with Crippen molar-refractivity contribution in [3.63, 3.8) is 0 Å². The van der Waals surface area contributed by atoms with E-state index in [1.165, 1.54) is 0 Å². The Balaban J connectivity index is 2.62. The summed E-state index contributed by atoms with van der Waals surface area (Å²) in [4.78, 5) is 11.5. The van der Waals surface area contributed by atoms with Crippen molar-refractivity contribution in [1.29, 1.82) is 0 Å². The predicted molar refractivity (Wildman–Crippen MR) is 60.1 cm³/mol. The van der Waals surface area contributed by atoms with Crippen LogP contribution in [0.1, 0.15) is 10.4 Å². The summed E-state index contributed by atoms with van der Waals surface area (Å²) in [7, 11) is 1.58. The maximum atomic E-state index is 11.5. The summed E-state index contributed by atoms with van der Waals surface area (Å²) in [5.74, 6) is -0.185. The molecule has 0 spiro atoms. The Kier molecular flexibility index (Phi) is 4.39. The third kappa shape index (κ3) is 3.42. The number of carbonyl (C=O) groups excluding carboxylic acids is 1. The number of hydrogen-bond donors (Lipinski definition) is 2. The lowest BCUT2D eigenvalue weighted by molar-refractivity contribution is 0.0937. The number of nitrogens with two attached hydrogens (primary N) is 1. The van der Waals surface area contributed by atoms with Gasteiger partial charge < -0.3 is 15.8 Å². The van der Waals surface area contributed by atoms with Crippen molar-refractivity contribution in [3.8, 4) is 0 Å². The molecule has 0 fully saturated rings. The summed E-state index contributed by atoms with van der Waals surface area (Å²) in [6.45, 7) is 0.951. The van der Waals surface area contributed by atoms with Crippen molar-refractivity contribution in [2.45, 2.75) is 0 Å². The first-order valence-corrected chi connectivity index (χ1v) is 4.85. The average Bonchev–Trinajstić information content (AvgIpc) is 2.22. The zero-order valence-electron chi connectivity index (χ0n) is 8.42. The van der Waals surface area contributed by atoms with E-state index in [0.29, 0.717) is 29.4 Å². The highest BCUT2D eigenvalue weighted by Crippen LogP contribution is 2.19. The van der Waals surface area contributed by atoms with E-state index in [2.05, 4.69) is 5.32 Å². The fourth-order valence-electron chi connectivity index (χ4n) is 1.05. The molecule has 0 saturated carbocycles. The van der Waals surface area contributed by atoms with Crippen LogP contribution in [-0.4, -0.2) is 26.2 Å². The van der Waals surface area contributed by atoms with Crippen molar-refractivity contribution < 1.29 is 9.53 Å². The Morgan fingerprint density at radius 2 is 2.33 bits per heavy atom. The van der Waals surface area contributed by atoms with Crippen LogP contribution in [0.4, 0.5) is 5.69 Å². The molecule has 5 heteroatoms. The van der Waals surface area contributed by atoms with E-state index < -0.39 is 0 Å². The Labute approximate surface area is 93.4 Å². The van der Waals surface area contributed by atoms with Crippen molar-refractivity contribution in [2.75, 3.05) is 26.0 Å². The van der Waals surface area contributed by atoms with Gasteiger partial charge in [0.15, 0.2) is 0 Å². The van der Waals surface area contributed by atoms with Crippen LogP contribution in [0.3, 0.4) is 0 Å². The molecule has 0 aromatic heterocycles. The van der Waals surface area contributed by atoms with Gasteiger partial charge >= 0.3 is 0 Å². The molecule has 0 aliphatic rings. The van der Waals surface area contributed by atoms with E-state index in [1.54, 1.807) is 25.3 Å².